The fraction of sp³-hybridized carbons (Fsp3) is 0.214. The largest absolute Gasteiger partial charge is 0.497 e. The molecule has 0 unspecified atom stereocenters. The number of allylic oxidation sites excluding steroid dienone is 1. The van der Waals surface area contributed by atoms with Crippen molar-refractivity contribution >= 4 is 11.8 Å². The van der Waals surface area contributed by atoms with Crippen LogP contribution in [0.2, 0.25) is 0 Å². The molecule has 0 N–H and O–H groups in total. The van der Waals surface area contributed by atoms with E-state index in [0.717, 1.165) is 22.3 Å². The second kappa shape index (κ2) is 6.78. The first-order chi connectivity index (χ1) is 9.80. The smallest absolute Gasteiger partial charge is 0.192 e. The molecule has 0 saturated carbocycles. The Morgan fingerprint density at radius 2 is 2.15 bits per heavy atom. The van der Waals surface area contributed by atoms with E-state index in [2.05, 4.69) is 22.8 Å². The molecule has 0 aliphatic heterocycles. The topological polar surface area (TPSA) is 63.7 Å². The second-order valence-electron chi connectivity index (χ2n) is 3.88. The minimum Gasteiger partial charge on any atom is -0.497 e. The molecule has 0 spiro atoms. The van der Waals surface area contributed by atoms with Gasteiger partial charge >= 0.3 is 0 Å². The van der Waals surface area contributed by atoms with E-state index in [0.29, 0.717) is 12.3 Å². The van der Waals surface area contributed by atoms with E-state index in [1.165, 1.54) is 11.8 Å². The number of benzene rings is 1. The first-order valence-corrected chi connectivity index (χ1v) is 6.97. The average molecular weight is 286 g/mol. The van der Waals surface area contributed by atoms with Gasteiger partial charge in [0.2, 0.25) is 0 Å². The molecule has 5 nitrogen and oxygen atoms in total. The number of ether oxygens (including phenoxy) is 1. The Labute approximate surface area is 121 Å². The molecule has 0 aliphatic rings. The third-order valence-electron chi connectivity index (χ3n) is 2.64. The molecule has 1 aromatic carbocycles. The third-order valence-corrected chi connectivity index (χ3v) is 3.48. The predicted octanol–water partition coefficient (Wildman–Crippen LogP) is 2.76. The van der Waals surface area contributed by atoms with E-state index in [1.54, 1.807) is 13.2 Å². The van der Waals surface area contributed by atoms with Gasteiger partial charge in [-0.2, -0.15) is 5.26 Å². The highest BCUT2D eigenvalue weighted by Gasteiger charge is 2.13. The summed E-state index contributed by atoms with van der Waals surface area (Å²) < 4.78 is 7.08. The highest BCUT2D eigenvalue weighted by atomic mass is 32.2. The van der Waals surface area contributed by atoms with Crippen LogP contribution in [0, 0.1) is 11.3 Å². The molecule has 0 aliphatic carbocycles. The van der Waals surface area contributed by atoms with Crippen LogP contribution in [0.3, 0.4) is 0 Å². The highest BCUT2D eigenvalue weighted by molar-refractivity contribution is 7.99. The van der Waals surface area contributed by atoms with Crippen molar-refractivity contribution in [2.45, 2.75) is 11.7 Å². The van der Waals surface area contributed by atoms with Crippen LogP contribution in [0.4, 0.5) is 0 Å². The van der Waals surface area contributed by atoms with Gasteiger partial charge in [0.15, 0.2) is 11.0 Å². The lowest BCUT2D eigenvalue weighted by Gasteiger charge is -2.07. The molecule has 6 heteroatoms. The summed E-state index contributed by atoms with van der Waals surface area (Å²) in [6, 6.07) is 9.71. The van der Waals surface area contributed by atoms with E-state index in [9.17, 15) is 0 Å². The fourth-order valence-corrected chi connectivity index (χ4v) is 2.35. The molecule has 0 amide bonds. The number of hydrogen-bond donors (Lipinski definition) is 0. The van der Waals surface area contributed by atoms with Crippen molar-refractivity contribution in [3.8, 4) is 23.2 Å². The maximum absolute atomic E-state index is 8.67. The predicted molar refractivity (Wildman–Crippen MR) is 78.5 cm³/mol. The van der Waals surface area contributed by atoms with Crippen LogP contribution in [-0.4, -0.2) is 27.6 Å². The van der Waals surface area contributed by atoms with E-state index in [1.807, 2.05) is 28.8 Å². The van der Waals surface area contributed by atoms with Gasteiger partial charge in [-0.1, -0.05) is 17.8 Å². The zero-order valence-corrected chi connectivity index (χ0v) is 11.9. The zero-order chi connectivity index (χ0) is 14.4. The molecular formula is C14H14N4OS. The maximum Gasteiger partial charge on any atom is 0.192 e. The highest BCUT2D eigenvalue weighted by Crippen LogP contribution is 2.25. The van der Waals surface area contributed by atoms with Gasteiger partial charge in [-0.05, 0) is 24.3 Å². The number of nitriles is 1. The summed E-state index contributed by atoms with van der Waals surface area (Å²) in [5.41, 5.74) is 0.948. The number of methoxy groups -OCH3 is 1. The standard InChI is InChI=1S/C14H14N4OS/c1-3-9-18-13(16-17-14(18)20-10-8-15)11-4-6-12(19-2)7-5-11/h3-7H,1,9-10H2,2H3. The van der Waals surface area contributed by atoms with Gasteiger partial charge in [-0.3, -0.25) is 4.57 Å². The molecule has 0 saturated heterocycles. The summed E-state index contributed by atoms with van der Waals surface area (Å²) in [6.07, 6.45) is 1.78. The van der Waals surface area contributed by atoms with Crippen molar-refractivity contribution in [1.29, 1.82) is 5.26 Å². The molecule has 1 aromatic heterocycles. The van der Waals surface area contributed by atoms with Crippen LogP contribution in [-0.2, 0) is 6.54 Å². The summed E-state index contributed by atoms with van der Waals surface area (Å²) in [4.78, 5) is 0. The number of thioether (sulfide) groups is 1. The molecule has 102 valence electrons. The first-order valence-electron chi connectivity index (χ1n) is 5.98. The Kier molecular flexibility index (Phi) is 4.80. The van der Waals surface area contributed by atoms with Crippen LogP contribution in [0.5, 0.6) is 5.75 Å². The first kappa shape index (κ1) is 14.2. The Morgan fingerprint density at radius 1 is 1.40 bits per heavy atom. The Hall–Kier alpha value is -2.26. The van der Waals surface area contributed by atoms with E-state index in [4.69, 9.17) is 10.00 Å². The fourth-order valence-electron chi connectivity index (χ4n) is 1.74. The van der Waals surface area contributed by atoms with Crippen molar-refractivity contribution in [2.24, 2.45) is 0 Å². The zero-order valence-electron chi connectivity index (χ0n) is 11.1. The van der Waals surface area contributed by atoms with E-state index < -0.39 is 0 Å². The SMILES string of the molecule is C=CCn1c(SCC#N)nnc1-c1ccc(OC)cc1. The van der Waals surface area contributed by atoms with Gasteiger partial charge in [0, 0.05) is 12.1 Å². The van der Waals surface area contributed by atoms with Gasteiger partial charge in [-0.15, -0.1) is 16.8 Å². The molecule has 0 atom stereocenters. The van der Waals surface area contributed by atoms with Gasteiger partial charge < -0.3 is 4.74 Å². The minimum absolute atomic E-state index is 0.345. The lowest BCUT2D eigenvalue weighted by molar-refractivity contribution is 0.415. The Balaban J connectivity index is 2.36. The third kappa shape index (κ3) is 3.00. The Morgan fingerprint density at radius 3 is 2.75 bits per heavy atom. The van der Waals surface area contributed by atoms with Crippen molar-refractivity contribution in [3.05, 3.63) is 36.9 Å². The second-order valence-corrected chi connectivity index (χ2v) is 4.82. The van der Waals surface area contributed by atoms with Crippen LogP contribution in [0.25, 0.3) is 11.4 Å². The molecule has 0 fully saturated rings. The average Bonchev–Trinajstić information content (AvgIpc) is 2.88. The molecule has 0 radical (unpaired) electrons. The normalized spacial score (nSPS) is 10.0. The summed E-state index contributed by atoms with van der Waals surface area (Å²) >= 11 is 1.37. The lowest BCUT2D eigenvalue weighted by atomic mass is 10.2. The van der Waals surface area contributed by atoms with Gasteiger partial charge in [-0.25, -0.2) is 0 Å². The minimum atomic E-state index is 0.345. The van der Waals surface area contributed by atoms with E-state index >= 15 is 0 Å². The molecule has 1 heterocycles. The van der Waals surface area contributed by atoms with Crippen LogP contribution in [0.1, 0.15) is 0 Å². The number of rotatable bonds is 6. The van der Waals surface area contributed by atoms with Gasteiger partial charge in [0.05, 0.1) is 18.9 Å². The monoisotopic (exact) mass is 286 g/mol. The van der Waals surface area contributed by atoms with Gasteiger partial charge in [0.25, 0.3) is 0 Å². The van der Waals surface area contributed by atoms with Crippen molar-refractivity contribution in [1.82, 2.24) is 14.8 Å². The summed E-state index contributed by atoms with van der Waals surface area (Å²) in [5, 5.41) is 17.7. The summed E-state index contributed by atoms with van der Waals surface area (Å²) in [5.74, 6) is 1.90. The summed E-state index contributed by atoms with van der Waals surface area (Å²) in [7, 11) is 1.63. The van der Waals surface area contributed by atoms with Crippen LogP contribution < -0.4 is 4.74 Å². The Bertz CT molecular complexity index is 628. The number of hydrogen-bond acceptors (Lipinski definition) is 5. The van der Waals surface area contributed by atoms with E-state index in [-0.39, 0.29) is 0 Å². The molecule has 2 aromatic rings. The molecule has 0 bridgehead atoms. The molecular weight excluding hydrogens is 272 g/mol. The number of aromatic nitrogens is 3. The summed E-state index contributed by atoms with van der Waals surface area (Å²) in [6.45, 7) is 4.35. The maximum atomic E-state index is 8.67. The lowest BCUT2D eigenvalue weighted by Crippen LogP contribution is -2.00. The van der Waals surface area contributed by atoms with Crippen molar-refractivity contribution < 1.29 is 4.74 Å². The van der Waals surface area contributed by atoms with Crippen molar-refractivity contribution in [3.63, 3.8) is 0 Å². The van der Waals surface area contributed by atoms with Crippen LogP contribution in [0.15, 0.2) is 42.1 Å². The number of nitrogens with zero attached hydrogens (tertiary/aromatic N) is 4. The molecule has 20 heavy (non-hydrogen) atoms. The quantitative estimate of drug-likeness (QED) is 0.603. The van der Waals surface area contributed by atoms with Crippen molar-refractivity contribution in [2.75, 3.05) is 12.9 Å². The molecule has 2 rings (SSSR count). The van der Waals surface area contributed by atoms with Gasteiger partial charge in [0.1, 0.15) is 5.75 Å². The van der Waals surface area contributed by atoms with Crippen LogP contribution >= 0.6 is 11.8 Å².